The van der Waals surface area contributed by atoms with E-state index in [1.54, 1.807) is 19.2 Å². The van der Waals surface area contributed by atoms with Gasteiger partial charge in [0.25, 0.3) is 0 Å². The number of methoxy groups -OCH3 is 1. The number of ether oxygens (including phenoxy) is 2. The average Bonchev–Trinajstić information content (AvgIpc) is 2.83. The minimum absolute atomic E-state index is 0.312. The third-order valence-electron chi connectivity index (χ3n) is 5.70. The van der Waals surface area contributed by atoms with Crippen LogP contribution in [0.3, 0.4) is 0 Å². The standard InChI is InChI=1S/C28H23F5O2/c1-34-16-19-3-6-20(7-4-19)22-11-12-24-23(15-22)10-9-21(27(24)30)8-2-18-5-13-26(25(29)14-18)35-17-28(31,32)33/h3-7,9-15H,2,8,16-17H2,1H3. The van der Waals surface area contributed by atoms with Crippen molar-refractivity contribution in [3.63, 3.8) is 0 Å². The summed E-state index contributed by atoms with van der Waals surface area (Å²) in [7, 11) is 1.64. The summed E-state index contributed by atoms with van der Waals surface area (Å²) in [5.74, 6) is -1.68. The molecule has 0 unspecified atom stereocenters. The molecular weight excluding hydrogens is 463 g/mol. The van der Waals surface area contributed by atoms with Crippen molar-refractivity contribution in [3.05, 3.63) is 101 Å². The van der Waals surface area contributed by atoms with E-state index in [9.17, 15) is 17.6 Å². The van der Waals surface area contributed by atoms with Crippen LogP contribution >= 0.6 is 0 Å². The summed E-state index contributed by atoms with van der Waals surface area (Å²) in [4.78, 5) is 0. The maximum Gasteiger partial charge on any atom is 0.422 e. The van der Waals surface area contributed by atoms with E-state index in [1.165, 1.54) is 6.07 Å². The molecule has 0 aromatic heterocycles. The van der Waals surface area contributed by atoms with Gasteiger partial charge in [0.2, 0.25) is 0 Å². The number of halogens is 5. The van der Waals surface area contributed by atoms with Gasteiger partial charge in [-0.15, -0.1) is 0 Å². The number of hydrogen-bond donors (Lipinski definition) is 0. The molecule has 0 saturated heterocycles. The first kappa shape index (κ1) is 24.7. The summed E-state index contributed by atoms with van der Waals surface area (Å²) in [5, 5.41) is 1.26. The monoisotopic (exact) mass is 486 g/mol. The van der Waals surface area contributed by atoms with Crippen LogP contribution < -0.4 is 4.74 Å². The average molecular weight is 486 g/mol. The fourth-order valence-corrected chi connectivity index (χ4v) is 3.93. The molecule has 0 saturated carbocycles. The summed E-state index contributed by atoms with van der Waals surface area (Å²) in [6, 6.07) is 20.9. The summed E-state index contributed by atoms with van der Waals surface area (Å²) < 4.78 is 75.7. The summed E-state index contributed by atoms with van der Waals surface area (Å²) in [5.41, 5.74) is 4.06. The third kappa shape index (κ3) is 6.17. The van der Waals surface area contributed by atoms with Gasteiger partial charge in [-0.1, -0.05) is 54.6 Å². The minimum Gasteiger partial charge on any atom is -0.481 e. The Morgan fingerprint density at radius 2 is 1.46 bits per heavy atom. The smallest absolute Gasteiger partial charge is 0.422 e. The zero-order valence-corrected chi connectivity index (χ0v) is 19.0. The van der Waals surface area contributed by atoms with Crippen LogP contribution in [0.25, 0.3) is 21.9 Å². The molecule has 7 heteroatoms. The van der Waals surface area contributed by atoms with Crippen LogP contribution in [0.15, 0.2) is 72.8 Å². The lowest BCUT2D eigenvalue weighted by Gasteiger charge is -2.11. The van der Waals surface area contributed by atoms with Gasteiger partial charge >= 0.3 is 6.18 Å². The molecule has 4 rings (SSSR count). The Morgan fingerprint density at radius 1 is 0.743 bits per heavy atom. The molecule has 0 N–H and O–H groups in total. The maximum absolute atomic E-state index is 15.2. The van der Waals surface area contributed by atoms with Gasteiger partial charge < -0.3 is 9.47 Å². The van der Waals surface area contributed by atoms with Crippen LogP contribution in [0.1, 0.15) is 16.7 Å². The van der Waals surface area contributed by atoms with E-state index in [0.717, 1.165) is 34.2 Å². The molecule has 0 amide bonds. The Morgan fingerprint density at radius 3 is 2.14 bits per heavy atom. The van der Waals surface area contributed by atoms with E-state index in [-0.39, 0.29) is 5.82 Å². The molecule has 0 aliphatic carbocycles. The SMILES string of the molecule is COCc1ccc(-c2ccc3c(F)c(CCc4ccc(OCC(F)(F)F)c(F)c4)ccc3c2)cc1. The molecule has 4 aromatic rings. The predicted octanol–water partition coefficient (Wildman–Crippen LogP) is 7.66. The van der Waals surface area contributed by atoms with Crippen molar-refractivity contribution < 1.29 is 31.4 Å². The number of benzene rings is 4. The number of alkyl halides is 3. The highest BCUT2D eigenvalue weighted by Gasteiger charge is 2.29. The van der Waals surface area contributed by atoms with Crippen LogP contribution in [0.5, 0.6) is 5.75 Å². The van der Waals surface area contributed by atoms with E-state index < -0.39 is 24.3 Å². The Labute approximate surface area is 199 Å². The van der Waals surface area contributed by atoms with Gasteiger partial charge in [0.15, 0.2) is 18.2 Å². The van der Waals surface area contributed by atoms with Crippen molar-refractivity contribution in [2.75, 3.05) is 13.7 Å². The van der Waals surface area contributed by atoms with Crippen molar-refractivity contribution in [2.24, 2.45) is 0 Å². The lowest BCUT2D eigenvalue weighted by molar-refractivity contribution is -0.153. The first-order chi connectivity index (χ1) is 16.7. The van der Waals surface area contributed by atoms with E-state index >= 15 is 4.39 Å². The predicted molar refractivity (Wildman–Crippen MR) is 125 cm³/mol. The molecule has 2 nitrogen and oxygen atoms in total. The number of aryl methyl sites for hydroxylation is 2. The van der Waals surface area contributed by atoms with E-state index in [4.69, 9.17) is 4.74 Å². The summed E-state index contributed by atoms with van der Waals surface area (Å²) in [6.45, 7) is -1.03. The van der Waals surface area contributed by atoms with Crippen molar-refractivity contribution in [2.45, 2.75) is 25.6 Å². The number of fused-ring (bicyclic) bond motifs is 1. The molecule has 0 heterocycles. The third-order valence-corrected chi connectivity index (χ3v) is 5.70. The van der Waals surface area contributed by atoms with Gasteiger partial charge in [0.05, 0.1) is 6.61 Å². The van der Waals surface area contributed by atoms with Gasteiger partial charge in [-0.05, 0) is 64.2 Å². The van der Waals surface area contributed by atoms with Crippen LogP contribution in [0.4, 0.5) is 22.0 Å². The number of hydrogen-bond acceptors (Lipinski definition) is 2. The molecule has 0 fully saturated rings. The lowest BCUT2D eigenvalue weighted by Crippen LogP contribution is -2.19. The molecule has 0 radical (unpaired) electrons. The van der Waals surface area contributed by atoms with Gasteiger partial charge in [-0.2, -0.15) is 13.2 Å². The minimum atomic E-state index is -4.55. The topological polar surface area (TPSA) is 18.5 Å². The molecule has 35 heavy (non-hydrogen) atoms. The Balaban J connectivity index is 1.47. The molecule has 0 atom stereocenters. The first-order valence-corrected chi connectivity index (χ1v) is 11.0. The van der Waals surface area contributed by atoms with Gasteiger partial charge in [0, 0.05) is 12.5 Å². The first-order valence-electron chi connectivity index (χ1n) is 11.0. The van der Waals surface area contributed by atoms with E-state index in [0.29, 0.717) is 36.0 Å². The molecule has 0 spiro atoms. The Kier molecular flexibility index (Phi) is 7.36. The van der Waals surface area contributed by atoms with Gasteiger partial charge in [-0.25, -0.2) is 8.78 Å². The number of rotatable bonds is 8. The highest BCUT2D eigenvalue weighted by atomic mass is 19.4. The maximum atomic E-state index is 15.2. The molecule has 4 aromatic carbocycles. The fraction of sp³-hybridized carbons (Fsp3) is 0.214. The highest BCUT2D eigenvalue weighted by Crippen LogP contribution is 2.29. The van der Waals surface area contributed by atoms with Gasteiger partial charge in [-0.3, -0.25) is 0 Å². The fourth-order valence-electron chi connectivity index (χ4n) is 3.93. The quantitative estimate of drug-likeness (QED) is 0.238. The van der Waals surface area contributed by atoms with Crippen molar-refractivity contribution >= 4 is 10.8 Å². The van der Waals surface area contributed by atoms with Crippen molar-refractivity contribution in [1.82, 2.24) is 0 Å². The zero-order valence-electron chi connectivity index (χ0n) is 19.0. The van der Waals surface area contributed by atoms with Crippen molar-refractivity contribution in [3.8, 4) is 16.9 Å². The van der Waals surface area contributed by atoms with E-state index in [2.05, 4.69) is 4.74 Å². The van der Waals surface area contributed by atoms with Crippen LogP contribution in [-0.4, -0.2) is 19.9 Å². The molecule has 0 aliphatic heterocycles. The normalized spacial score (nSPS) is 11.7. The molecule has 182 valence electrons. The zero-order chi connectivity index (χ0) is 25.0. The largest absolute Gasteiger partial charge is 0.481 e. The molecular formula is C28H23F5O2. The Hall–Kier alpha value is -3.45. The second kappa shape index (κ2) is 10.4. The second-order valence-electron chi connectivity index (χ2n) is 8.27. The van der Waals surface area contributed by atoms with Crippen LogP contribution in [0.2, 0.25) is 0 Å². The summed E-state index contributed by atoms with van der Waals surface area (Å²) in [6.07, 6.45) is -3.91. The summed E-state index contributed by atoms with van der Waals surface area (Å²) >= 11 is 0. The molecule has 0 bridgehead atoms. The highest BCUT2D eigenvalue weighted by molar-refractivity contribution is 5.88. The van der Waals surface area contributed by atoms with E-state index in [1.807, 2.05) is 42.5 Å². The van der Waals surface area contributed by atoms with Crippen LogP contribution in [0, 0.1) is 11.6 Å². The van der Waals surface area contributed by atoms with Crippen LogP contribution in [-0.2, 0) is 24.2 Å². The lowest BCUT2D eigenvalue weighted by atomic mass is 9.97. The van der Waals surface area contributed by atoms with Crippen molar-refractivity contribution in [1.29, 1.82) is 0 Å². The molecule has 0 aliphatic rings. The second-order valence-corrected chi connectivity index (χ2v) is 8.27. The Bertz CT molecular complexity index is 1310. The van der Waals surface area contributed by atoms with Gasteiger partial charge in [0.1, 0.15) is 5.82 Å².